The zero-order valence-corrected chi connectivity index (χ0v) is 19.1. The lowest BCUT2D eigenvalue weighted by atomic mass is 9.95. The van der Waals surface area contributed by atoms with E-state index in [1.165, 1.54) is 0 Å². The number of ether oxygens (including phenoxy) is 1. The van der Waals surface area contributed by atoms with Crippen molar-refractivity contribution >= 4 is 20.2 Å². The molecule has 0 aromatic rings. The van der Waals surface area contributed by atoms with E-state index in [4.69, 9.17) is 9.16 Å². The molecule has 0 fully saturated rings. The zero-order valence-electron chi connectivity index (χ0n) is 18.1. The second-order valence-corrected chi connectivity index (χ2v) is 14.4. The van der Waals surface area contributed by atoms with Gasteiger partial charge in [-0.3, -0.25) is 9.69 Å². The van der Waals surface area contributed by atoms with Crippen molar-refractivity contribution in [2.24, 2.45) is 0 Å². The predicted molar refractivity (Wildman–Crippen MR) is 108 cm³/mol. The average molecular weight is 384 g/mol. The Morgan fingerprint density at radius 2 is 1.81 bits per heavy atom. The number of nitrogens with zero attached hydrogens (tertiary/aromatic N) is 1. The summed E-state index contributed by atoms with van der Waals surface area (Å²) in [5.41, 5.74) is 0.388. The lowest BCUT2D eigenvalue weighted by molar-refractivity contribution is -0.117. The Morgan fingerprint density at radius 1 is 1.23 bits per heavy atom. The Balaban J connectivity index is 2.84. The molecule has 0 N–H and O–H groups in total. The Bertz CT molecular complexity index is 555. The van der Waals surface area contributed by atoms with Gasteiger partial charge in [0, 0.05) is 6.61 Å². The summed E-state index contributed by atoms with van der Waals surface area (Å²) >= 11 is 0. The maximum Gasteiger partial charge on any atom is 0.411 e. The van der Waals surface area contributed by atoms with Gasteiger partial charge < -0.3 is 9.16 Å². The van der Waals surface area contributed by atoms with Crippen molar-refractivity contribution in [1.82, 2.24) is 4.90 Å². The number of hydrogen-bond acceptors (Lipinski definition) is 4. The van der Waals surface area contributed by atoms with Gasteiger partial charge in [-0.15, -0.1) is 0 Å². The van der Waals surface area contributed by atoms with Gasteiger partial charge in [0.25, 0.3) is 0 Å². The maximum absolute atomic E-state index is 12.5. The molecule has 1 aliphatic rings. The minimum Gasteiger partial charge on any atom is -0.444 e. The highest BCUT2D eigenvalue weighted by Crippen LogP contribution is 2.37. The monoisotopic (exact) mass is 383 g/mol. The molecule has 0 aromatic heterocycles. The fourth-order valence-electron chi connectivity index (χ4n) is 2.70. The van der Waals surface area contributed by atoms with Crippen LogP contribution < -0.4 is 0 Å². The molecule has 0 bridgehead atoms. The van der Waals surface area contributed by atoms with Gasteiger partial charge in [-0.25, -0.2) is 4.79 Å². The lowest BCUT2D eigenvalue weighted by Gasteiger charge is -2.38. The summed E-state index contributed by atoms with van der Waals surface area (Å²) in [7, 11) is -1.83. The SMILES string of the molecule is CC[C@@H]1C(CCO[Si](C)(C)C(C)(C)C)=CC(=O)CN1C(=O)OC(C)(C)C. The Morgan fingerprint density at radius 3 is 2.27 bits per heavy atom. The first-order valence-electron chi connectivity index (χ1n) is 9.55. The number of hydrogen-bond donors (Lipinski definition) is 0. The highest BCUT2D eigenvalue weighted by Gasteiger charge is 2.38. The standard InChI is InChI=1S/C20H37NO4Si/c1-10-17-15(11-12-24-26(8,9)20(5,6)7)13-16(22)14-21(17)18(23)25-19(2,3)4/h13,17H,10-12,14H2,1-9H3/t17-/m1/s1. The number of rotatable bonds is 5. The van der Waals surface area contributed by atoms with Crippen molar-refractivity contribution < 1.29 is 18.8 Å². The summed E-state index contributed by atoms with van der Waals surface area (Å²) < 4.78 is 11.7. The molecule has 0 aliphatic carbocycles. The van der Waals surface area contributed by atoms with Gasteiger partial charge in [-0.1, -0.05) is 27.7 Å². The van der Waals surface area contributed by atoms with Crippen LogP contribution >= 0.6 is 0 Å². The van der Waals surface area contributed by atoms with Crippen LogP contribution in [0.15, 0.2) is 11.6 Å². The van der Waals surface area contributed by atoms with Crippen LogP contribution in [0.25, 0.3) is 0 Å². The zero-order chi connectivity index (χ0) is 20.3. The minimum absolute atomic E-state index is 0.0529. The first-order chi connectivity index (χ1) is 11.7. The molecule has 0 aromatic carbocycles. The molecule has 1 heterocycles. The molecule has 1 aliphatic heterocycles. The number of amides is 1. The summed E-state index contributed by atoms with van der Waals surface area (Å²) in [6.45, 7) is 19.3. The van der Waals surface area contributed by atoms with Crippen molar-refractivity contribution in [3.8, 4) is 0 Å². The van der Waals surface area contributed by atoms with E-state index in [9.17, 15) is 9.59 Å². The molecule has 0 spiro atoms. The molecular weight excluding hydrogens is 346 g/mol. The first-order valence-corrected chi connectivity index (χ1v) is 12.5. The van der Waals surface area contributed by atoms with Crippen molar-refractivity contribution in [2.75, 3.05) is 13.2 Å². The molecule has 0 saturated heterocycles. The van der Waals surface area contributed by atoms with E-state index in [1.807, 2.05) is 27.7 Å². The second kappa shape index (κ2) is 8.25. The molecule has 1 atom stereocenters. The van der Waals surface area contributed by atoms with Gasteiger partial charge in [0.15, 0.2) is 14.1 Å². The third-order valence-corrected chi connectivity index (χ3v) is 9.69. The van der Waals surface area contributed by atoms with Crippen LogP contribution in [-0.4, -0.2) is 49.9 Å². The van der Waals surface area contributed by atoms with E-state index < -0.39 is 20.0 Å². The summed E-state index contributed by atoms with van der Waals surface area (Å²) in [6, 6.07) is -0.106. The van der Waals surface area contributed by atoms with Crippen LogP contribution in [0.1, 0.15) is 61.3 Å². The largest absolute Gasteiger partial charge is 0.444 e. The van der Waals surface area contributed by atoms with Crippen LogP contribution in [0.5, 0.6) is 0 Å². The minimum atomic E-state index is -1.83. The molecule has 1 rings (SSSR count). The molecule has 5 nitrogen and oxygen atoms in total. The van der Waals surface area contributed by atoms with Crippen LogP contribution in [0, 0.1) is 0 Å². The highest BCUT2D eigenvalue weighted by molar-refractivity contribution is 6.74. The van der Waals surface area contributed by atoms with E-state index in [-0.39, 0.29) is 23.4 Å². The van der Waals surface area contributed by atoms with E-state index in [2.05, 4.69) is 33.9 Å². The van der Waals surface area contributed by atoms with E-state index in [0.29, 0.717) is 13.0 Å². The summed E-state index contributed by atoms with van der Waals surface area (Å²) in [4.78, 5) is 26.3. The average Bonchev–Trinajstić information content (AvgIpc) is 2.43. The van der Waals surface area contributed by atoms with E-state index >= 15 is 0 Å². The molecular formula is C20H37NO4Si. The Kier molecular flexibility index (Phi) is 7.27. The smallest absolute Gasteiger partial charge is 0.411 e. The molecule has 1 amide bonds. The fourth-order valence-corrected chi connectivity index (χ4v) is 3.75. The molecule has 6 heteroatoms. The van der Waals surface area contributed by atoms with E-state index in [0.717, 1.165) is 12.0 Å². The molecule has 0 saturated carbocycles. The normalized spacial score (nSPS) is 19.4. The van der Waals surface area contributed by atoms with Gasteiger partial charge >= 0.3 is 6.09 Å². The van der Waals surface area contributed by atoms with Gasteiger partial charge in [0.1, 0.15) is 5.60 Å². The van der Waals surface area contributed by atoms with Crippen molar-refractivity contribution in [1.29, 1.82) is 0 Å². The van der Waals surface area contributed by atoms with Crippen LogP contribution in [0.2, 0.25) is 18.1 Å². The number of carbonyl (C=O) groups is 2. The van der Waals surface area contributed by atoms with Crippen molar-refractivity contribution in [3.63, 3.8) is 0 Å². The molecule has 0 radical (unpaired) electrons. The molecule has 26 heavy (non-hydrogen) atoms. The van der Waals surface area contributed by atoms with Crippen molar-refractivity contribution in [3.05, 3.63) is 11.6 Å². The Hall–Kier alpha value is -1.14. The second-order valence-electron chi connectivity index (χ2n) is 9.58. The van der Waals surface area contributed by atoms with Gasteiger partial charge in [0.05, 0.1) is 12.6 Å². The maximum atomic E-state index is 12.5. The Labute approximate surface area is 160 Å². The van der Waals surface area contributed by atoms with Crippen molar-refractivity contribution in [2.45, 2.75) is 91.1 Å². The van der Waals surface area contributed by atoms with Gasteiger partial charge in [0.2, 0.25) is 0 Å². The lowest BCUT2D eigenvalue weighted by Crippen LogP contribution is -2.49. The predicted octanol–water partition coefficient (Wildman–Crippen LogP) is 4.92. The van der Waals surface area contributed by atoms with Crippen LogP contribution in [-0.2, 0) is 14.0 Å². The summed E-state index contributed by atoms with van der Waals surface area (Å²) in [6.07, 6.45) is 2.69. The highest BCUT2D eigenvalue weighted by atomic mass is 28.4. The number of carbonyl (C=O) groups excluding carboxylic acids is 2. The quantitative estimate of drug-likeness (QED) is 0.632. The van der Waals surface area contributed by atoms with Crippen LogP contribution in [0.4, 0.5) is 4.79 Å². The third-order valence-electron chi connectivity index (χ3n) is 5.15. The fraction of sp³-hybridized carbons (Fsp3) is 0.800. The third kappa shape index (κ3) is 6.23. The van der Waals surface area contributed by atoms with E-state index in [1.54, 1.807) is 11.0 Å². The van der Waals surface area contributed by atoms with Gasteiger partial charge in [-0.2, -0.15) is 0 Å². The topological polar surface area (TPSA) is 55.8 Å². The molecule has 0 unspecified atom stereocenters. The molecule has 150 valence electrons. The first kappa shape index (κ1) is 22.9. The summed E-state index contributed by atoms with van der Waals surface area (Å²) in [5, 5.41) is 0.149. The van der Waals surface area contributed by atoms with Crippen LogP contribution in [0.3, 0.4) is 0 Å². The van der Waals surface area contributed by atoms with Gasteiger partial charge in [-0.05, 0) is 63.4 Å². The number of ketones is 1. The summed E-state index contributed by atoms with van der Waals surface area (Å²) in [5.74, 6) is -0.0529.